The highest BCUT2D eigenvalue weighted by Crippen LogP contribution is 2.39. The number of carbonyl (C=O) groups is 2. The van der Waals surface area contributed by atoms with Crippen LogP contribution in [-0.2, 0) is 16.1 Å². The van der Waals surface area contributed by atoms with Crippen molar-refractivity contribution in [2.45, 2.75) is 19.9 Å². The van der Waals surface area contributed by atoms with Gasteiger partial charge in [0.15, 0.2) is 0 Å². The highest BCUT2D eigenvalue weighted by Gasteiger charge is 2.47. The molecule has 5 nitrogen and oxygen atoms in total. The van der Waals surface area contributed by atoms with Gasteiger partial charge in [-0.1, -0.05) is 17.7 Å². The Morgan fingerprint density at radius 2 is 2.00 bits per heavy atom. The topological polar surface area (TPSA) is 71.1 Å². The van der Waals surface area contributed by atoms with E-state index in [0.717, 1.165) is 16.9 Å². The molecular formula is C18H18ClN3O2. The van der Waals surface area contributed by atoms with E-state index in [0.29, 0.717) is 18.0 Å². The van der Waals surface area contributed by atoms with Gasteiger partial charge >= 0.3 is 0 Å². The fourth-order valence-electron chi connectivity index (χ4n) is 2.58. The first-order chi connectivity index (χ1) is 11.5. The molecule has 2 unspecified atom stereocenters. The van der Waals surface area contributed by atoms with Crippen LogP contribution in [0.4, 0.5) is 5.69 Å². The van der Waals surface area contributed by atoms with Gasteiger partial charge in [-0.3, -0.25) is 14.6 Å². The fraction of sp³-hybridized carbons (Fsp3) is 0.278. The van der Waals surface area contributed by atoms with Gasteiger partial charge in [0, 0.05) is 16.9 Å². The molecule has 3 rings (SSSR count). The van der Waals surface area contributed by atoms with Gasteiger partial charge in [-0.05, 0) is 49.2 Å². The summed E-state index contributed by atoms with van der Waals surface area (Å²) in [7, 11) is 0. The van der Waals surface area contributed by atoms with Crippen molar-refractivity contribution < 1.29 is 9.59 Å². The normalized spacial score (nSPS) is 18.8. The Hall–Kier alpha value is -2.40. The summed E-state index contributed by atoms with van der Waals surface area (Å²) < 4.78 is 0. The van der Waals surface area contributed by atoms with Crippen molar-refractivity contribution in [2.24, 2.45) is 11.8 Å². The lowest BCUT2D eigenvalue weighted by Gasteiger charge is -2.09. The number of benzene rings is 1. The second kappa shape index (κ2) is 7.01. The first kappa shape index (κ1) is 16.5. The smallest absolute Gasteiger partial charge is 0.228 e. The quantitative estimate of drug-likeness (QED) is 0.876. The Labute approximate surface area is 145 Å². The van der Waals surface area contributed by atoms with E-state index in [-0.39, 0.29) is 23.7 Å². The molecule has 124 valence electrons. The van der Waals surface area contributed by atoms with Gasteiger partial charge in [0.25, 0.3) is 0 Å². The number of hydrogen-bond donors (Lipinski definition) is 2. The number of amides is 2. The van der Waals surface area contributed by atoms with E-state index in [9.17, 15) is 9.59 Å². The summed E-state index contributed by atoms with van der Waals surface area (Å²) >= 11 is 5.91. The van der Waals surface area contributed by atoms with E-state index in [1.165, 1.54) is 0 Å². The molecule has 0 saturated heterocycles. The summed E-state index contributed by atoms with van der Waals surface area (Å²) in [6, 6.07) is 10.8. The second-order valence-electron chi connectivity index (χ2n) is 5.94. The second-order valence-corrected chi connectivity index (χ2v) is 6.37. The Morgan fingerprint density at radius 1 is 1.21 bits per heavy atom. The molecule has 1 saturated carbocycles. The minimum absolute atomic E-state index is 0.103. The molecule has 1 heterocycles. The summed E-state index contributed by atoms with van der Waals surface area (Å²) in [6.07, 6.45) is 2.26. The Bertz CT molecular complexity index is 764. The van der Waals surface area contributed by atoms with Crippen molar-refractivity contribution in [2.75, 3.05) is 5.32 Å². The van der Waals surface area contributed by atoms with Gasteiger partial charge in [0.05, 0.1) is 24.1 Å². The molecular weight excluding hydrogens is 326 g/mol. The predicted molar refractivity (Wildman–Crippen MR) is 92.5 cm³/mol. The lowest BCUT2D eigenvalue weighted by atomic mass is 10.2. The molecule has 2 amide bonds. The summed E-state index contributed by atoms with van der Waals surface area (Å²) in [4.78, 5) is 28.5. The highest BCUT2D eigenvalue weighted by molar-refractivity contribution is 6.30. The van der Waals surface area contributed by atoms with E-state index >= 15 is 0 Å². The third-order valence-electron chi connectivity index (χ3n) is 4.08. The maximum atomic E-state index is 12.3. The third-order valence-corrected chi connectivity index (χ3v) is 4.32. The molecule has 0 bridgehead atoms. The van der Waals surface area contributed by atoms with E-state index < -0.39 is 0 Å². The molecule has 2 aromatic rings. The molecule has 1 aromatic heterocycles. The number of nitrogens with zero attached hydrogens (tertiary/aromatic N) is 1. The van der Waals surface area contributed by atoms with E-state index in [1.807, 2.05) is 25.1 Å². The summed E-state index contributed by atoms with van der Waals surface area (Å²) in [6.45, 7) is 2.26. The van der Waals surface area contributed by atoms with Crippen molar-refractivity contribution in [1.29, 1.82) is 0 Å². The Morgan fingerprint density at radius 3 is 2.71 bits per heavy atom. The van der Waals surface area contributed by atoms with Gasteiger partial charge in [-0.25, -0.2) is 0 Å². The van der Waals surface area contributed by atoms with Crippen LogP contribution >= 0.6 is 11.6 Å². The van der Waals surface area contributed by atoms with Gasteiger partial charge in [0.1, 0.15) is 0 Å². The van der Waals surface area contributed by atoms with Crippen LogP contribution in [0.15, 0.2) is 42.6 Å². The first-order valence-electron chi connectivity index (χ1n) is 7.79. The predicted octanol–water partition coefficient (Wildman–Crippen LogP) is 2.93. The van der Waals surface area contributed by atoms with Crippen molar-refractivity contribution in [3.05, 3.63) is 58.9 Å². The van der Waals surface area contributed by atoms with Crippen molar-refractivity contribution >= 4 is 29.1 Å². The lowest BCUT2D eigenvalue weighted by molar-refractivity contribution is -0.125. The molecule has 2 N–H and O–H groups in total. The van der Waals surface area contributed by atoms with E-state index in [1.54, 1.807) is 24.4 Å². The zero-order valence-electron chi connectivity index (χ0n) is 13.3. The fourth-order valence-corrected chi connectivity index (χ4v) is 2.81. The van der Waals surface area contributed by atoms with Gasteiger partial charge in [0.2, 0.25) is 11.8 Å². The maximum absolute atomic E-state index is 12.3. The van der Waals surface area contributed by atoms with Crippen LogP contribution in [0, 0.1) is 18.8 Å². The minimum atomic E-state index is -0.274. The molecule has 0 radical (unpaired) electrons. The van der Waals surface area contributed by atoms with Crippen LogP contribution in [0.2, 0.25) is 5.02 Å². The lowest BCUT2D eigenvalue weighted by Crippen LogP contribution is -2.27. The highest BCUT2D eigenvalue weighted by atomic mass is 35.5. The average Bonchev–Trinajstić information content (AvgIpc) is 3.37. The van der Waals surface area contributed by atoms with Crippen LogP contribution in [-0.4, -0.2) is 16.8 Å². The summed E-state index contributed by atoms with van der Waals surface area (Å²) in [5.41, 5.74) is 2.42. The summed E-state index contributed by atoms with van der Waals surface area (Å²) in [5, 5.41) is 6.33. The molecule has 1 fully saturated rings. The van der Waals surface area contributed by atoms with E-state index in [2.05, 4.69) is 15.6 Å². The van der Waals surface area contributed by atoms with Crippen molar-refractivity contribution in [3.8, 4) is 0 Å². The molecule has 6 heteroatoms. The van der Waals surface area contributed by atoms with Crippen LogP contribution in [0.3, 0.4) is 0 Å². The van der Waals surface area contributed by atoms with Crippen LogP contribution in [0.25, 0.3) is 0 Å². The van der Waals surface area contributed by atoms with Gasteiger partial charge in [-0.2, -0.15) is 0 Å². The number of carbonyl (C=O) groups excluding carboxylic acids is 2. The monoisotopic (exact) mass is 343 g/mol. The molecule has 1 aliphatic rings. The number of pyridine rings is 1. The first-order valence-corrected chi connectivity index (χ1v) is 8.17. The third kappa shape index (κ3) is 3.92. The Kier molecular flexibility index (Phi) is 4.81. The Balaban J connectivity index is 1.51. The van der Waals surface area contributed by atoms with Crippen LogP contribution in [0.1, 0.15) is 17.7 Å². The van der Waals surface area contributed by atoms with Crippen LogP contribution in [0.5, 0.6) is 0 Å². The standard InChI is InChI=1S/C18H18ClN3O2/c1-11-8-12(19)5-6-16(11)22-18(24)15-9-14(15)17(23)21-10-13-4-2-3-7-20-13/h2-8,14-15H,9-10H2,1H3,(H,21,23)(H,22,24). The largest absolute Gasteiger partial charge is 0.350 e. The molecule has 24 heavy (non-hydrogen) atoms. The molecule has 0 aliphatic heterocycles. The molecule has 1 aliphatic carbocycles. The van der Waals surface area contributed by atoms with E-state index in [4.69, 9.17) is 11.6 Å². The number of rotatable bonds is 5. The van der Waals surface area contributed by atoms with Crippen molar-refractivity contribution in [1.82, 2.24) is 10.3 Å². The molecule has 2 atom stereocenters. The SMILES string of the molecule is Cc1cc(Cl)ccc1NC(=O)C1CC1C(=O)NCc1ccccn1. The number of nitrogens with one attached hydrogen (secondary N) is 2. The maximum Gasteiger partial charge on any atom is 0.228 e. The molecule has 0 spiro atoms. The zero-order valence-corrected chi connectivity index (χ0v) is 14.0. The molecule has 1 aromatic carbocycles. The minimum Gasteiger partial charge on any atom is -0.350 e. The average molecular weight is 344 g/mol. The number of hydrogen-bond acceptors (Lipinski definition) is 3. The number of anilines is 1. The zero-order chi connectivity index (χ0) is 17.1. The number of halogens is 1. The summed E-state index contributed by atoms with van der Waals surface area (Å²) in [5.74, 6) is -0.767. The van der Waals surface area contributed by atoms with Crippen LogP contribution < -0.4 is 10.6 Å². The number of aromatic nitrogens is 1. The van der Waals surface area contributed by atoms with Gasteiger partial charge < -0.3 is 10.6 Å². The van der Waals surface area contributed by atoms with Gasteiger partial charge in [-0.15, -0.1) is 0 Å². The number of aryl methyl sites for hydroxylation is 1. The van der Waals surface area contributed by atoms with Crippen molar-refractivity contribution in [3.63, 3.8) is 0 Å².